The summed E-state index contributed by atoms with van der Waals surface area (Å²) >= 11 is 5.71. The lowest BCUT2D eigenvalue weighted by atomic mass is 10.1. The van der Waals surface area contributed by atoms with E-state index in [2.05, 4.69) is 11.8 Å². The smallest absolute Gasteiger partial charge is 0.104 e. The van der Waals surface area contributed by atoms with E-state index < -0.39 is 0 Å². The van der Waals surface area contributed by atoms with Gasteiger partial charge in [-0.25, -0.2) is 0 Å². The second-order valence-corrected chi connectivity index (χ2v) is 2.67. The molecule has 0 aliphatic rings. The lowest BCUT2D eigenvalue weighted by Gasteiger charge is -1.94. The number of hydrogen-bond donors (Lipinski definition) is 1. The van der Waals surface area contributed by atoms with Crippen molar-refractivity contribution < 1.29 is 5.11 Å². The molecule has 0 radical (unpaired) electrons. The SMILES string of the molecule is N#Cc1cc(C#CCO)ccc1Cl. The van der Waals surface area contributed by atoms with Gasteiger partial charge in [0.25, 0.3) is 0 Å². The molecule has 0 saturated carbocycles. The van der Waals surface area contributed by atoms with Gasteiger partial charge in [0.05, 0.1) is 10.6 Å². The summed E-state index contributed by atoms with van der Waals surface area (Å²) in [5, 5.41) is 17.5. The number of aliphatic hydroxyl groups excluding tert-OH is 1. The van der Waals surface area contributed by atoms with Gasteiger partial charge in [0, 0.05) is 5.56 Å². The third-order valence-corrected chi connectivity index (χ3v) is 1.73. The molecule has 0 fully saturated rings. The van der Waals surface area contributed by atoms with Crippen LogP contribution in [0, 0.1) is 23.2 Å². The minimum atomic E-state index is -0.190. The topological polar surface area (TPSA) is 44.0 Å². The van der Waals surface area contributed by atoms with Crippen molar-refractivity contribution in [1.29, 1.82) is 5.26 Å². The second-order valence-electron chi connectivity index (χ2n) is 2.27. The molecule has 0 heterocycles. The molecule has 1 aromatic rings. The highest BCUT2D eigenvalue weighted by Gasteiger charge is 1.98. The second kappa shape index (κ2) is 4.52. The summed E-state index contributed by atoms with van der Waals surface area (Å²) in [6.45, 7) is -0.190. The van der Waals surface area contributed by atoms with E-state index in [-0.39, 0.29) is 6.61 Å². The molecular weight excluding hydrogens is 186 g/mol. The average Bonchev–Trinajstić information content (AvgIpc) is 2.16. The van der Waals surface area contributed by atoms with E-state index in [1.807, 2.05) is 6.07 Å². The van der Waals surface area contributed by atoms with Crippen molar-refractivity contribution in [2.75, 3.05) is 6.61 Å². The van der Waals surface area contributed by atoms with E-state index in [0.717, 1.165) is 0 Å². The van der Waals surface area contributed by atoms with Gasteiger partial charge in [0.1, 0.15) is 12.7 Å². The van der Waals surface area contributed by atoms with E-state index >= 15 is 0 Å². The number of rotatable bonds is 0. The molecule has 64 valence electrons. The Balaban J connectivity index is 3.08. The molecule has 1 N–H and O–H groups in total. The van der Waals surface area contributed by atoms with Crippen LogP contribution in [0.2, 0.25) is 5.02 Å². The molecule has 2 nitrogen and oxygen atoms in total. The summed E-state index contributed by atoms with van der Waals surface area (Å²) in [5.41, 5.74) is 1.07. The molecule has 0 bridgehead atoms. The fraction of sp³-hybridized carbons (Fsp3) is 0.100. The van der Waals surface area contributed by atoms with Gasteiger partial charge in [-0.05, 0) is 18.2 Å². The van der Waals surface area contributed by atoms with Crippen molar-refractivity contribution in [3.8, 4) is 17.9 Å². The third-order valence-electron chi connectivity index (χ3n) is 1.40. The Bertz CT molecular complexity index is 409. The van der Waals surface area contributed by atoms with E-state index in [0.29, 0.717) is 16.1 Å². The Morgan fingerprint density at radius 3 is 2.85 bits per heavy atom. The minimum absolute atomic E-state index is 0.190. The van der Waals surface area contributed by atoms with Crippen LogP contribution >= 0.6 is 11.6 Å². The summed E-state index contributed by atoms with van der Waals surface area (Å²) in [6, 6.07) is 6.85. The first-order valence-corrected chi connectivity index (χ1v) is 3.95. The monoisotopic (exact) mass is 191 g/mol. The fourth-order valence-corrected chi connectivity index (χ4v) is 0.990. The Labute approximate surface area is 81.4 Å². The molecule has 3 heteroatoms. The molecule has 0 atom stereocenters. The van der Waals surface area contributed by atoms with Crippen molar-refractivity contribution in [1.82, 2.24) is 0 Å². The summed E-state index contributed by atoms with van der Waals surface area (Å²) in [4.78, 5) is 0. The van der Waals surface area contributed by atoms with Gasteiger partial charge in [-0.15, -0.1) is 0 Å². The van der Waals surface area contributed by atoms with Crippen LogP contribution in [0.3, 0.4) is 0 Å². The lowest BCUT2D eigenvalue weighted by Crippen LogP contribution is -1.81. The summed E-state index contributed by atoms with van der Waals surface area (Å²) in [6.07, 6.45) is 0. The van der Waals surface area contributed by atoms with Crippen LogP contribution in [0.15, 0.2) is 18.2 Å². The van der Waals surface area contributed by atoms with E-state index in [1.165, 1.54) is 0 Å². The predicted octanol–water partition coefficient (Wildman–Crippen LogP) is 1.56. The van der Waals surface area contributed by atoms with E-state index in [1.54, 1.807) is 18.2 Å². The molecule has 0 aromatic heterocycles. The largest absolute Gasteiger partial charge is 0.384 e. The van der Waals surface area contributed by atoms with Gasteiger partial charge in [-0.1, -0.05) is 23.4 Å². The van der Waals surface area contributed by atoms with E-state index in [9.17, 15) is 0 Å². The highest BCUT2D eigenvalue weighted by Crippen LogP contribution is 2.15. The van der Waals surface area contributed by atoms with Crippen molar-refractivity contribution >= 4 is 11.6 Å². The fourth-order valence-electron chi connectivity index (χ4n) is 0.830. The van der Waals surface area contributed by atoms with Crippen molar-refractivity contribution in [2.24, 2.45) is 0 Å². The quantitative estimate of drug-likeness (QED) is 0.633. The minimum Gasteiger partial charge on any atom is -0.384 e. The van der Waals surface area contributed by atoms with Gasteiger partial charge >= 0.3 is 0 Å². The summed E-state index contributed by atoms with van der Waals surface area (Å²) in [7, 11) is 0. The molecule has 0 amide bonds. The van der Waals surface area contributed by atoms with Gasteiger partial charge in [-0.2, -0.15) is 5.26 Å². The van der Waals surface area contributed by atoms with Crippen LogP contribution in [-0.2, 0) is 0 Å². The molecule has 1 aromatic carbocycles. The van der Waals surface area contributed by atoms with Gasteiger partial charge in [0.2, 0.25) is 0 Å². The standard InChI is InChI=1S/C10H6ClNO/c11-10-4-3-8(2-1-5-13)6-9(10)7-12/h3-4,6,13H,5H2. The molecule has 0 aliphatic heterocycles. The molecule has 0 saturated heterocycles. The molecule has 0 aliphatic carbocycles. The number of nitriles is 1. The maximum atomic E-state index is 8.64. The lowest BCUT2D eigenvalue weighted by molar-refractivity contribution is 0.350. The summed E-state index contributed by atoms with van der Waals surface area (Å²) < 4.78 is 0. The van der Waals surface area contributed by atoms with E-state index in [4.69, 9.17) is 22.0 Å². The van der Waals surface area contributed by atoms with Crippen molar-refractivity contribution in [3.63, 3.8) is 0 Å². The highest BCUT2D eigenvalue weighted by molar-refractivity contribution is 6.31. The first-order valence-electron chi connectivity index (χ1n) is 3.57. The number of benzene rings is 1. The number of hydrogen-bond acceptors (Lipinski definition) is 2. The average molecular weight is 192 g/mol. The Morgan fingerprint density at radius 1 is 1.46 bits per heavy atom. The van der Waals surface area contributed by atoms with Crippen LogP contribution in [0.4, 0.5) is 0 Å². The maximum Gasteiger partial charge on any atom is 0.104 e. The molecule has 13 heavy (non-hydrogen) atoms. The Kier molecular flexibility index (Phi) is 3.34. The third kappa shape index (κ3) is 2.49. The zero-order chi connectivity index (χ0) is 9.68. The van der Waals surface area contributed by atoms with Crippen LogP contribution in [0.1, 0.15) is 11.1 Å². The molecule has 1 rings (SSSR count). The van der Waals surface area contributed by atoms with Crippen LogP contribution < -0.4 is 0 Å². The summed E-state index contributed by atoms with van der Waals surface area (Å²) in [5.74, 6) is 5.17. The first-order chi connectivity index (χ1) is 6.27. The van der Waals surface area contributed by atoms with Crippen molar-refractivity contribution in [2.45, 2.75) is 0 Å². The molecular formula is C10H6ClNO. The highest BCUT2D eigenvalue weighted by atomic mass is 35.5. The zero-order valence-electron chi connectivity index (χ0n) is 6.71. The van der Waals surface area contributed by atoms with Gasteiger partial charge < -0.3 is 5.11 Å². The number of aliphatic hydroxyl groups is 1. The van der Waals surface area contributed by atoms with Crippen LogP contribution in [0.5, 0.6) is 0 Å². The normalized spacial score (nSPS) is 8.38. The number of halogens is 1. The number of nitrogens with zero attached hydrogens (tertiary/aromatic N) is 1. The molecule has 0 spiro atoms. The van der Waals surface area contributed by atoms with Crippen LogP contribution in [0.25, 0.3) is 0 Å². The predicted molar refractivity (Wildman–Crippen MR) is 50.1 cm³/mol. The molecule has 0 unspecified atom stereocenters. The maximum absolute atomic E-state index is 8.64. The van der Waals surface area contributed by atoms with Gasteiger partial charge in [-0.3, -0.25) is 0 Å². The van der Waals surface area contributed by atoms with Crippen LogP contribution in [-0.4, -0.2) is 11.7 Å². The Hall–Kier alpha value is -1.48. The first kappa shape index (κ1) is 9.61. The van der Waals surface area contributed by atoms with Crippen molar-refractivity contribution in [3.05, 3.63) is 34.3 Å². The Morgan fingerprint density at radius 2 is 2.23 bits per heavy atom. The zero-order valence-corrected chi connectivity index (χ0v) is 7.47. The van der Waals surface area contributed by atoms with Gasteiger partial charge in [0.15, 0.2) is 0 Å².